The molecule has 8 nitrogen and oxygen atoms in total. The number of phenols is 1. The highest BCUT2D eigenvalue weighted by Gasteiger charge is 2.31. The highest BCUT2D eigenvalue weighted by molar-refractivity contribution is 9.11. The van der Waals surface area contributed by atoms with E-state index in [9.17, 15) is 9.90 Å². The number of fused-ring (bicyclic) bond motifs is 1. The second-order valence-corrected chi connectivity index (χ2v) is 10.9. The summed E-state index contributed by atoms with van der Waals surface area (Å²) in [5.41, 5.74) is 10.5. The standard InChI is InChI=1S/C29H32ClN5O2.C2H4BrN/c1-3-21-18-28(33-12-14-34(15-13-33)29(37)32-25-5-7-26(36)8-6-25)27-9-4-24(30)17-22(27)16-23(21)19-35-11-10-31-20(35)2;3-1-2-4/h3-11,16-17,28,36H,12-15,18-19H2,1-2H3,(H,32,37);1-2H,4H2/b21-3+;2-1+. The fourth-order valence-electron chi connectivity index (χ4n) is 5.22. The van der Waals surface area contributed by atoms with Gasteiger partial charge in [0.1, 0.15) is 11.6 Å². The molecule has 1 atom stereocenters. The number of rotatable bonds is 4. The lowest BCUT2D eigenvalue weighted by Crippen LogP contribution is -2.51. The number of nitrogens with two attached hydrogens (primary N) is 1. The number of benzene rings is 2. The van der Waals surface area contributed by atoms with E-state index < -0.39 is 0 Å². The number of allylic oxidation sites excluding steroid dienone is 2. The van der Waals surface area contributed by atoms with Gasteiger partial charge in [0, 0.05) is 68.1 Å². The molecule has 41 heavy (non-hydrogen) atoms. The Labute approximate surface area is 254 Å². The molecule has 2 amide bonds. The van der Waals surface area contributed by atoms with E-state index in [1.54, 1.807) is 29.3 Å². The van der Waals surface area contributed by atoms with Gasteiger partial charge in [-0.2, -0.15) is 0 Å². The number of halogens is 2. The highest BCUT2D eigenvalue weighted by Crippen LogP contribution is 2.39. The summed E-state index contributed by atoms with van der Waals surface area (Å²) in [6.45, 7) is 7.74. The fraction of sp³-hybridized carbons (Fsp3) is 0.290. The number of anilines is 1. The summed E-state index contributed by atoms with van der Waals surface area (Å²) in [6.07, 6.45) is 10.7. The number of nitrogens with one attached hydrogen (secondary N) is 1. The number of imidazole rings is 1. The van der Waals surface area contributed by atoms with Crippen molar-refractivity contribution in [3.63, 3.8) is 0 Å². The molecule has 3 aromatic rings. The number of hydrogen-bond acceptors (Lipinski definition) is 5. The Hall–Kier alpha value is -3.53. The van der Waals surface area contributed by atoms with Crippen molar-refractivity contribution < 1.29 is 9.90 Å². The molecule has 10 heteroatoms. The van der Waals surface area contributed by atoms with Crippen molar-refractivity contribution in [3.8, 4) is 5.75 Å². The Kier molecular flexibility index (Phi) is 10.7. The maximum atomic E-state index is 12.8. The summed E-state index contributed by atoms with van der Waals surface area (Å²) in [5.74, 6) is 1.17. The van der Waals surface area contributed by atoms with Gasteiger partial charge in [0.15, 0.2) is 0 Å². The van der Waals surface area contributed by atoms with Gasteiger partial charge in [0.25, 0.3) is 0 Å². The Morgan fingerprint density at radius 2 is 1.90 bits per heavy atom. The molecule has 0 radical (unpaired) electrons. The minimum atomic E-state index is -0.118. The fourth-order valence-corrected chi connectivity index (χ4v) is 5.40. The first kappa shape index (κ1) is 30.4. The molecule has 2 heterocycles. The van der Waals surface area contributed by atoms with Crippen molar-refractivity contribution in [1.29, 1.82) is 0 Å². The number of urea groups is 1. The summed E-state index contributed by atoms with van der Waals surface area (Å²) in [7, 11) is 0. The first-order chi connectivity index (χ1) is 19.8. The highest BCUT2D eigenvalue weighted by atomic mass is 79.9. The summed E-state index contributed by atoms with van der Waals surface area (Å²) in [4.78, 5) is 23.2. The monoisotopic (exact) mass is 638 g/mol. The van der Waals surface area contributed by atoms with Crippen molar-refractivity contribution in [2.24, 2.45) is 5.73 Å². The summed E-state index contributed by atoms with van der Waals surface area (Å²) in [5, 5.41) is 13.1. The van der Waals surface area contributed by atoms with E-state index in [2.05, 4.69) is 66.9 Å². The predicted molar refractivity (Wildman–Crippen MR) is 170 cm³/mol. The van der Waals surface area contributed by atoms with E-state index in [1.807, 2.05) is 30.3 Å². The Balaban J connectivity index is 0.000000909. The second-order valence-electron chi connectivity index (χ2n) is 9.90. The van der Waals surface area contributed by atoms with E-state index in [4.69, 9.17) is 17.3 Å². The molecule has 1 aromatic heterocycles. The quantitative estimate of drug-likeness (QED) is 0.277. The summed E-state index contributed by atoms with van der Waals surface area (Å²) >= 11 is 9.38. The van der Waals surface area contributed by atoms with Crippen LogP contribution in [-0.2, 0) is 6.54 Å². The van der Waals surface area contributed by atoms with E-state index in [1.165, 1.54) is 22.9 Å². The number of aromatic nitrogens is 2. The molecule has 216 valence electrons. The van der Waals surface area contributed by atoms with Crippen LogP contribution in [0.15, 0.2) is 83.3 Å². The van der Waals surface area contributed by atoms with Gasteiger partial charge < -0.3 is 25.6 Å². The predicted octanol–water partition coefficient (Wildman–Crippen LogP) is 6.69. The Morgan fingerprint density at radius 3 is 2.51 bits per heavy atom. The van der Waals surface area contributed by atoms with Gasteiger partial charge >= 0.3 is 6.03 Å². The molecule has 0 spiro atoms. The lowest BCUT2D eigenvalue weighted by molar-refractivity contribution is 0.112. The van der Waals surface area contributed by atoms with Crippen molar-refractivity contribution in [3.05, 3.63) is 105 Å². The van der Waals surface area contributed by atoms with E-state index in [-0.39, 0.29) is 17.8 Å². The molecule has 4 N–H and O–H groups in total. The molecular weight excluding hydrogens is 604 g/mol. The SMILES string of the molecule is C/C=C1\CC(N2CCN(C(=O)Nc3ccc(O)cc3)CC2)c2ccc(Cl)cc2C=C1Cn1ccnc1C.N/C=C/Br. The van der Waals surface area contributed by atoms with Crippen LogP contribution in [0.4, 0.5) is 10.5 Å². The normalized spacial score (nSPS) is 18.3. The van der Waals surface area contributed by atoms with Crippen LogP contribution in [0.1, 0.15) is 36.3 Å². The number of carbonyl (C=O) groups is 1. The zero-order chi connectivity index (χ0) is 29.4. The molecule has 1 fully saturated rings. The number of aryl methyl sites for hydroxylation is 1. The molecule has 5 rings (SSSR count). The van der Waals surface area contributed by atoms with Crippen LogP contribution in [0.2, 0.25) is 5.02 Å². The number of amides is 2. The molecule has 1 aliphatic carbocycles. The Morgan fingerprint density at radius 1 is 1.20 bits per heavy atom. The van der Waals surface area contributed by atoms with Crippen molar-refractivity contribution in [2.45, 2.75) is 32.9 Å². The zero-order valence-corrected chi connectivity index (χ0v) is 25.6. The number of piperazine rings is 1. The topological polar surface area (TPSA) is 99.6 Å². The van der Waals surface area contributed by atoms with Gasteiger partial charge in [0.2, 0.25) is 0 Å². The average Bonchev–Trinajstić information content (AvgIpc) is 3.31. The van der Waals surface area contributed by atoms with Crippen molar-refractivity contribution in [1.82, 2.24) is 19.4 Å². The van der Waals surface area contributed by atoms with Gasteiger partial charge in [-0.05, 0) is 90.0 Å². The molecule has 0 bridgehead atoms. The van der Waals surface area contributed by atoms with Crippen molar-refractivity contribution in [2.75, 3.05) is 31.5 Å². The molecule has 0 saturated carbocycles. The number of hydrogen-bond donors (Lipinski definition) is 3. The molecule has 1 unspecified atom stereocenters. The van der Waals surface area contributed by atoms with Crippen LogP contribution in [-0.4, -0.2) is 56.7 Å². The third-order valence-corrected chi connectivity index (χ3v) is 7.95. The van der Waals surface area contributed by atoms with Gasteiger partial charge in [-0.25, -0.2) is 9.78 Å². The second kappa shape index (κ2) is 14.4. The largest absolute Gasteiger partial charge is 0.508 e. The lowest BCUT2D eigenvalue weighted by Gasteiger charge is -2.40. The first-order valence-corrected chi connectivity index (χ1v) is 14.8. The average molecular weight is 640 g/mol. The molecule has 2 aliphatic rings. The lowest BCUT2D eigenvalue weighted by atomic mass is 9.94. The number of aromatic hydroxyl groups is 1. The van der Waals surface area contributed by atoms with Crippen LogP contribution in [0.3, 0.4) is 0 Å². The zero-order valence-electron chi connectivity index (χ0n) is 23.3. The van der Waals surface area contributed by atoms with E-state index >= 15 is 0 Å². The minimum Gasteiger partial charge on any atom is -0.508 e. The first-order valence-electron chi connectivity index (χ1n) is 13.5. The third-order valence-electron chi connectivity index (χ3n) is 7.41. The smallest absolute Gasteiger partial charge is 0.321 e. The number of nitrogens with zero attached hydrogens (tertiary/aromatic N) is 4. The molecule has 2 aromatic carbocycles. The summed E-state index contributed by atoms with van der Waals surface area (Å²) in [6, 6.07) is 12.8. The van der Waals surface area contributed by atoms with Gasteiger partial charge in [-0.15, -0.1) is 0 Å². The molecule has 1 saturated heterocycles. The maximum absolute atomic E-state index is 12.8. The van der Waals surface area contributed by atoms with Gasteiger partial charge in [0.05, 0.1) is 0 Å². The Bertz CT molecular complexity index is 1420. The van der Waals surface area contributed by atoms with Gasteiger partial charge in [-0.3, -0.25) is 4.90 Å². The maximum Gasteiger partial charge on any atom is 0.321 e. The summed E-state index contributed by atoms with van der Waals surface area (Å²) < 4.78 is 2.17. The molecule has 1 aliphatic heterocycles. The van der Waals surface area contributed by atoms with Crippen LogP contribution in [0.5, 0.6) is 5.75 Å². The van der Waals surface area contributed by atoms with Crippen LogP contribution < -0.4 is 11.1 Å². The van der Waals surface area contributed by atoms with Crippen molar-refractivity contribution >= 4 is 45.3 Å². The number of phenolic OH excluding ortho intramolecular Hbond substituents is 1. The van der Waals surface area contributed by atoms with Crippen LogP contribution >= 0.6 is 27.5 Å². The van der Waals surface area contributed by atoms with E-state index in [0.29, 0.717) is 18.8 Å². The van der Waals surface area contributed by atoms with Gasteiger partial charge in [-0.1, -0.05) is 39.7 Å². The minimum absolute atomic E-state index is 0.118. The molecular formula is C31H36BrClN6O2. The van der Waals surface area contributed by atoms with E-state index in [0.717, 1.165) is 42.5 Å². The van der Waals surface area contributed by atoms with Crippen LogP contribution in [0, 0.1) is 6.92 Å². The van der Waals surface area contributed by atoms with Crippen LogP contribution in [0.25, 0.3) is 6.08 Å². The third kappa shape index (κ3) is 7.81. The number of carbonyl (C=O) groups excluding carboxylic acids is 1.